The van der Waals surface area contributed by atoms with Gasteiger partial charge in [0.25, 0.3) is 5.91 Å². The van der Waals surface area contributed by atoms with E-state index in [2.05, 4.69) is 9.88 Å². The number of sulfonamides is 1. The Bertz CT molecular complexity index is 1230. The lowest BCUT2D eigenvalue weighted by Gasteiger charge is -2.21. The van der Waals surface area contributed by atoms with Crippen LogP contribution >= 0.6 is 22.9 Å². The largest absolute Gasteiger partial charge is 0.309 e. The molecule has 184 valence electrons. The second-order valence-corrected chi connectivity index (χ2v) is 11.9. The number of amides is 1. The summed E-state index contributed by atoms with van der Waals surface area (Å²) in [5.74, 6) is -0.225. The molecule has 0 aliphatic rings. The maximum absolute atomic E-state index is 13.5. The van der Waals surface area contributed by atoms with E-state index >= 15 is 0 Å². The summed E-state index contributed by atoms with van der Waals surface area (Å²) in [6, 6.07) is 11.7. The predicted molar refractivity (Wildman–Crippen MR) is 141 cm³/mol. The molecule has 7 nitrogen and oxygen atoms in total. The Balaban J connectivity index is 1.89. The molecule has 0 N–H and O–H groups in total. The average Bonchev–Trinajstić information content (AvgIpc) is 3.25. The molecule has 1 amide bonds. The number of para-hydroxylation sites is 1. The van der Waals surface area contributed by atoms with Crippen LogP contribution in [0.25, 0.3) is 10.2 Å². The van der Waals surface area contributed by atoms with E-state index in [4.69, 9.17) is 11.6 Å². The van der Waals surface area contributed by atoms with Gasteiger partial charge in [-0.1, -0.05) is 42.3 Å². The molecule has 1 aromatic heterocycles. The SMILES string of the molecule is CCCCN(C)S(=O)(=O)c1ccc(C(=O)N(CCCN(C)C)c2nc3c(Cl)cccc3s2)cc1. The van der Waals surface area contributed by atoms with Gasteiger partial charge in [-0.05, 0) is 69.9 Å². The molecule has 10 heteroatoms. The van der Waals surface area contributed by atoms with Crippen LogP contribution in [-0.4, -0.2) is 69.3 Å². The number of rotatable bonds is 11. The summed E-state index contributed by atoms with van der Waals surface area (Å²) in [7, 11) is 1.96. The van der Waals surface area contributed by atoms with E-state index in [9.17, 15) is 13.2 Å². The van der Waals surface area contributed by atoms with Crippen molar-refractivity contribution in [2.75, 3.05) is 45.7 Å². The number of carbonyl (C=O) groups is 1. The molecule has 0 saturated carbocycles. The monoisotopic (exact) mass is 522 g/mol. The number of halogens is 1. The fraction of sp³-hybridized carbons (Fsp3) is 0.417. The van der Waals surface area contributed by atoms with Crippen LogP contribution in [0, 0.1) is 0 Å². The highest BCUT2D eigenvalue weighted by atomic mass is 35.5. The van der Waals surface area contributed by atoms with Crippen molar-refractivity contribution in [2.24, 2.45) is 0 Å². The highest BCUT2D eigenvalue weighted by Gasteiger charge is 2.24. The molecule has 0 fully saturated rings. The number of benzene rings is 2. The molecule has 0 bridgehead atoms. The van der Waals surface area contributed by atoms with Gasteiger partial charge in [0.2, 0.25) is 10.0 Å². The fourth-order valence-corrected chi connectivity index (χ4v) is 5.95. The number of anilines is 1. The Kier molecular flexibility index (Phi) is 9.06. The van der Waals surface area contributed by atoms with Crippen molar-refractivity contribution < 1.29 is 13.2 Å². The standard InChI is InChI=1S/C24H31ClN4O3S2/c1-5-6-16-28(4)34(31,32)19-13-11-18(12-14-19)23(30)29(17-8-15-27(2)3)24-26-22-20(25)9-7-10-21(22)33-24/h7,9-14H,5-6,8,15-17H2,1-4H3. The summed E-state index contributed by atoms with van der Waals surface area (Å²) in [5.41, 5.74) is 1.08. The minimum Gasteiger partial charge on any atom is -0.309 e. The van der Waals surface area contributed by atoms with Gasteiger partial charge in [0.1, 0.15) is 5.52 Å². The van der Waals surface area contributed by atoms with Gasteiger partial charge < -0.3 is 4.90 Å². The minimum absolute atomic E-state index is 0.175. The van der Waals surface area contributed by atoms with E-state index in [0.717, 1.165) is 30.5 Å². The van der Waals surface area contributed by atoms with Crippen LogP contribution < -0.4 is 4.90 Å². The topological polar surface area (TPSA) is 73.8 Å². The number of aromatic nitrogens is 1. The fourth-order valence-electron chi connectivity index (χ4n) is 3.45. The van der Waals surface area contributed by atoms with Gasteiger partial charge in [0, 0.05) is 25.7 Å². The first-order valence-electron chi connectivity index (χ1n) is 11.2. The van der Waals surface area contributed by atoms with Gasteiger partial charge >= 0.3 is 0 Å². The molecule has 2 aromatic carbocycles. The lowest BCUT2D eigenvalue weighted by molar-refractivity contribution is 0.0986. The van der Waals surface area contributed by atoms with Crippen LogP contribution in [0.2, 0.25) is 5.02 Å². The lowest BCUT2D eigenvalue weighted by atomic mass is 10.2. The van der Waals surface area contributed by atoms with Crippen LogP contribution in [0.1, 0.15) is 36.5 Å². The first-order valence-corrected chi connectivity index (χ1v) is 13.9. The first-order chi connectivity index (χ1) is 16.1. The van der Waals surface area contributed by atoms with E-state index in [1.165, 1.54) is 27.8 Å². The molecule has 34 heavy (non-hydrogen) atoms. The van der Waals surface area contributed by atoms with Gasteiger partial charge in [-0.15, -0.1) is 0 Å². The Hall–Kier alpha value is -2.04. The number of thiazole rings is 1. The van der Waals surface area contributed by atoms with Crippen LogP contribution in [0.4, 0.5) is 5.13 Å². The van der Waals surface area contributed by atoms with Crippen molar-refractivity contribution in [3.63, 3.8) is 0 Å². The summed E-state index contributed by atoms with van der Waals surface area (Å²) in [6.07, 6.45) is 2.46. The van der Waals surface area contributed by atoms with E-state index in [1.54, 1.807) is 30.1 Å². The summed E-state index contributed by atoms with van der Waals surface area (Å²) in [4.78, 5) is 22.0. The number of unbranched alkanes of at least 4 members (excludes halogenated alkanes) is 1. The number of fused-ring (bicyclic) bond motifs is 1. The molecule has 1 heterocycles. The normalized spacial score (nSPS) is 12.1. The van der Waals surface area contributed by atoms with Gasteiger partial charge in [0.15, 0.2) is 5.13 Å². The zero-order chi connectivity index (χ0) is 24.9. The van der Waals surface area contributed by atoms with Crippen molar-refractivity contribution in [1.29, 1.82) is 0 Å². The molecule has 0 spiro atoms. The molecule has 3 rings (SSSR count). The molecular weight excluding hydrogens is 492 g/mol. The van der Waals surface area contributed by atoms with Gasteiger partial charge in [-0.25, -0.2) is 17.7 Å². The van der Waals surface area contributed by atoms with E-state index in [1.807, 2.05) is 33.2 Å². The number of nitrogens with zero attached hydrogens (tertiary/aromatic N) is 4. The highest BCUT2D eigenvalue weighted by Crippen LogP contribution is 2.33. The number of hydrogen-bond acceptors (Lipinski definition) is 6. The smallest absolute Gasteiger partial charge is 0.260 e. The Morgan fingerprint density at radius 2 is 1.71 bits per heavy atom. The molecule has 0 radical (unpaired) electrons. The molecule has 0 aliphatic heterocycles. The Labute approximate surface area is 211 Å². The maximum Gasteiger partial charge on any atom is 0.260 e. The summed E-state index contributed by atoms with van der Waals surface area (Å²) in [5, 5.41) is 1.12. The zero-order valence-corrected chi connectivity index (χ0v) is 22.4. The van der Waals surface area contributed by atoms with Crippen molar-refractivity contribution >= 4 is 54.2 Å². The van der Waals surface area contributed by atoms with Crippen LogP contribution in [0.15, 0.2) is 47.4 Å². The quantitative estimate of drug-likeness (QED) is 0.355. The lowest BCUT2D eigenvalue weighted by Crippen LogP contribution is -2.33. The van der Waals surface area contributed by atoms with E-state index in [-0.39, 0.29) is 10.8 Å². The Morgan fingerprint density at radius 3 is 2.32 bits per heavy atom. The van der Waals surface area contributed by atoms with E-state index < -0.39 is 10.0 Å². The van der Waals surface area contributed by atoms with Gasteiger partial charge in [-0.3, -0.25) is 9.69 Å². The molecule has 0 atom stereocenters. The second kappa shape index (κ2) is 11.6. The Morgan fingerprint density at radius 1 is 1.00 bits per heavy atom. The third-order valence-electron chi connectivity index (χ3n) is 5.46. The molecule has 0 aliphatic carbocycles. The third-order valence-corrected chi connectivity index (χ3v) is 8.68. The maximum atomic E-state index is 13.5. The number of hydrogen-bond donors (Lipinski definition) is 0. The predicted octanol–water partition coefficient (Wildman–Crippen LogP) is 4.97. The van der Waals surface area contributed by atoms with Crippen molar-refractivity contribution in [1.82, 2.24) is 14.2 Å². The van der Waals surface area contributed by atoms with Crippen LogP contribution in [-0.2, 0) is 10.0 Å². The summed E-state index contributed by atoms with van der Waals surface area (Å²) in [6.45, 7) is 3.77. The minimum atomic E-state index is -3.59. The number of carbonyl (C=O) groups excluding carboxylic acids is 1. The average molecular weight is 523 g/mol. The van der Waals surface area contributed by atoms with Crippen molar-refractivity contribution in [3.8, 4) is 0 Å². The van der Waals surface area contributed by atoms with Crippen LogP contribution in [0.5, 0.6) is 0 Å². The van der Waals surface area contributed by atoms with Gasteiger partial charge in [0.05, 0.1) is 14.6 Å². The first kappa shape index (κ1) is 26.6. The molecule has 0 unspecified atom stereocenters. The molecular formula is C24H31ClN4O3S2. The highest BCUT2D eigenvalue weighted by molar-refractivity contribution is 7.89. The summed E-state index contributed by atoms with van der Waals surface area (Å²) < 4.78 is 27.9. The van der Waals surface area contributed by atoms with Crippen molar-refractivity contribution in [3.05, 3.63) is 53.1 Å². The van der Waals surface area contributed by atoms with Crippen LogP contribution in [0.3, 0.4) is 0 Å². The molecule has 0 saturated heterocycles. The second-order valence-electron chi connectivity index (χ2n) is 8.40. The van der Waals surface area contributed by atoms with Gasteiger partial charge in [-0.2, -0.15) is 0 Å². The zero-order valence-electron chi connectivity index (χ0n) is 20.0. The molecule has 3 aromatic rings. The van der Waals surface area contributed by atoms with Crippen molar-refractivity contribution in [2.45, 2.75) is 31.1 Å². The van der Waals surface area contributed by atoms with E-state index in [0.29, 0.717) is 34.3 Å². The third kappa shape index (κ3) is 6.14. The summed E-state index contributed by atoms with van der Waals surface area (Å²) >= 11 is 7.72.